The molecular formula is C11H14F2. The maximum absolute atomic E-state index is 13.2. The fourth-order valence-corrected chi connectivity index (χ4v) is 1.45. The van der Waals surface area contributed by atoms with Gasteiger partial charge in [-0.25, -0.2) is 8.78 Å². The lowest BCUT2D eigenvalue weighted by molar-refractivity contribution is 0.528. The summed E-state index contributed by atoms with van der Waals surface area (Å²) in [5.74, 6) is -0.478. The molecule has 72 valence electrons. The first-order valence-electron chi connectivity index (χ1n) is 4.32. The van der Waals surface area contributed by atoms with E-state index in [-0.39, 0.29) is 18.1 Å². The molecular weight excluding hydrogens is 170 g/mol. The van der Waals surface area contributed by atoms with Crippen molar-refractivity contribution < 1.29 is 8.78 Å². The standard InChI is InChI=1S/C11H14F2/c1-8-4-9(12)6-11(2,3)7-10(13)5-8/h4,6-7H,5H2,1-3H3/b8-4?,9-6+,10-7+. The number of rotatable bonds is 0. The smallest absolute Gasteiger partial charge is 0.120 e. The average molecular weight is 184 g/mol. The average Bonchev–Trinajstić information content (AvgIpc) is 1.78. The van der Waals surface area contributed by atoms with Gasteiger partial charge in [0.2, 0.25) is 0 Å². The summed E-state index contributed by atoms with van der Waals surface area (Å²) >= 11 is 0. The predicted octanol–water partition coefficient (Wildman–Crippen LogP) is 4.07. The highest BCUT2D eigenvalue weighted by Crippen LogP contribution is 2.29. The van der Waals surface area contributed by atoms with E-state index >= 15 is 0 Å². The van der Waals surface area contributed by atoms with Crippen LogP contribution in [0.1, 0.15) is 27.2 Å². The Balaban J connectivity index is 3.10. The number of hydrogen-bond acceptors (Lipinski definition) is 0. The van der Waals surface area contributed by atoms with Gasteiger partial charge in [-0.1, -0.05) is 19.4 Å². The minimum Gasteiger partial charge on any atom is -0.212 e. The third-order valence-electron chi connectivity index (χ3n) is 1.87. The molecule has 0 nitrogen and oxygen atoms in total. The van der Waals surface area contributed by atoms with E-state index in [0.29, 0.717) is 5.57 Å². The lowest BCUT2D eigenvalue weighted by atomic mass is 9.89. The van der Waals surface area contributed by atoms with Crippen LogP contribution in [0.3, 0.4) is 0 Å². The van der Waals surface area contributed by atoms with Crippen molar-refractivity contribution in [1.82, 2.24) is 0 Å². The molecule has 0 aromatic heterocycles. The van der Waals surface area contributed by atoms with Gasteiger partial charge in [0.25, 0.3) is 0 Å². The molecule has 0 aromatic rings. The zero-order valence-corrected chi connectivity index (χ0v) is 8.20. The molecule has 1 aliphatic rings. The molecule has 0 aliphatic heterocycles. The van der Waals surface area contributed by atoms with Crippen molar-refractivity contribution in [2.45, 2.75) is 27.2 Å². The summed E-state index contributed by atoms with van der Waals surface area (Å²) in [4.78, 5) is 0. The first-order valence-corrected chi connectivity index (χ1v) is 4.32. The third kappa shape index (κ3) is 3.13. The van der Waals surface area contributed by atoms with Crippen LogP contribution in [0.2, 0.25) is 0 Å². The first kappa shape index (κ1) is 10.2. The Bertz CT molecular complexity index is 293. The van der Waals surface area contributed by atoms with Gasteiger partial charge in [0.1, 0.15) is 11.7 Å². The molecule has 0 N–H and O–H groups in total. The summed E-state index contributed by atoms with van der Waals surface area (Å²) < 4.78 is 26.3. The van der Waals surface area contributed by atoms with Gasteiger partial charge in [-0.2, -0.15) is 0 Å². The molecule has 0 aromatic carbocycles. The summed E-state index contributed by atoms with van der Waals surface area (Å²) in [7, 11) is 0. The maximum atomic E-state index is 13.2. The minimum atomic E-state index is -0.536. The molecule has 13 heavy (non-hydrogen) atoms. The van der Waals surface area contributed by atoms with Crippen LogP contribution < -0.4 is 0 Å². The molecule has 0 bridgehead atoms. The summed E-state index contributed by atoms with van der Waals surface area (Å²) in [5.41, 5.74) is 0.170. The molecule has 0 atom stereocenters. The Morgan fingerprint density at radius 2 is 1.85 bits per heavy atom. The largest absolute Gasteiger partial charge is 0.212 e. The second kappa shape index (κ2) is 3.44. The molecule has 0 spiro atoms. The van der Waals surface area contributed by atoms with Gasteiger partial charge in [0.15, 0.2) is 0 Å². The van der Waals surface area contributed by atoms with Crippen LogP contribution in [0.25, 0.3) is 0 Å². The minimum absolute atomic E-state index is 0.192. The van der Waals surface area contributed by atoms with E-state index in [1.807, 2.05) is 0 Å². The zero-order valence-electron chi connectivity index (χ0n) is 8.20. The SMILES string of the molecule is CC1=C/C(F)=C\C(C)(C)/C=C(/F)C1. The van der Waals surface area contributed by atoms with Gasteiger partial charge in [0, 0.05) is 11.8 Å². The van der Waals surface area contributed by atoms with Crippen LogP contribution in [0, 0.1) is 5.41 Å². The van der Waals surface area contributed by atoms with E-state index in [9.17, 15) is 8.78 Å². The van der Waals surface area contributed by atoms with Gasteiger partial charge >= 0.3 is 0 Å². The number of halogens is 2. The lowest BCUT2D eigenvalue weighted by Crippen LogP contribution is -2.05. The maximum Gasteiger partial charge on any atom is 0.120 e. The molecule has 0 radical (unpaired) electrons. The second-order valence-corrected chi connectivity index (χ2v) is 4.11. The predicted molar refractivity (Wildman–Crippen MR) is 50.5 cm³/mol. The van der Waals surface area contributed by atoms with Crippen molar-refractivity contribution in [2.75, 3.05) is 0 Å². The fourth-order valence-electron chi connectivity index (χ4n) is 1.45. The summed E-state index contributed by atoms with van der Waals surface area (Å²) in [6.07, 6.45) is 4.48. The summed E-state index contributed by atoms with van der Waals surface area (Å²) in [5, 5.41) is 0. The van der Waals surface area contributed by atoms with E-state index < -0.39 is 5.41 Å². The normalized spacial score (nSPS) is 30.4. The van der Waals surface area contributed by atoms with Gasteiger partial charge in [-0.05, 0) is 25.2 Å². The molecule has 0 unspecified atom stereocenters. The lowest BCUT2D eigenvalue weighted by Gasteiger charge is -2.17. The van der Waals surface area contributed by atoms with Crippen LogP contribution in [0.5, 0.6) is 0 Å². The monoisotopic (exact) mass is 184 g/mol. The van der Waals surface area contributed by atoms with E-state index in [1.54, 1.807) is 20.8 Å². The van der Waals surface area contributed by atoms with Crippen molar-refractivity contribution in [2.24, 2.45) is 5.41 Å². The van der Waals surface area contributed by atoms with E-state index in [4.69, 9.17) is 0 Å². The van der Waals surface area contributed by atoms with Crippen LogP contribution in [0.4, 0.5) is 8.78 Å². The van der Waals surface area contributed by atoms with Crippen molar-refractivity contribution in [3.8, 4) is 0 Å². The van der Waals surface area contributed by atoms with Crippen LogP contribution >= 0.6 is 0 Å². The molecule has 0 saturated heterocycles. The molecule has 0 fully saturated rings. The number of hydrogen-bond donors (Lipinski definition) is 0. The van der Waals surface area contributed by atoms with Crippen LogP contribution in [-0.2, 0) is 0 Å². The molecule has 0 amide bonds. The second-order valence-electron chi connectivity index (χ2n) is 4.11. The fraction of sp³-hybridized carbons (Fsp3) is 0.455. The molecule has 1 aliphatic carbocycles. The van der Waals surface area contributed by atoms with E-state index in [1.165, 1.54) is 18.2 Å². The van der Waals surface area contributed by atoms with Gasteiger partial charge in [0.05, 0.1) is 0 Å². The van der Waals surface area contributed by atoms with Crippen LogP contribution in [-0.4, -0.2) is 0 Å². The van der Waals surface area contributed by atoms with Gasteiger partial charge in [-0.15, -0.1) is 0 Å². The third-order valence-corrected chi connectivity index (χ3v) is 1.87. The van der Waals surface area contributed by atoms with Gasteiger partial charge < -0.3 is 0 Å². The van der Waals surface area contributed by atoms with Gasteiger partial charge in [-0.3, -0.25) is 0 Å². The topological polar surface area (TPSA) is 0 Å². The summed E-state index contributed by atoms with van der Waals surface area (Å²) in [6, 6.07) is 0. The highest BCUT2D eigenvalue weighted by molar-refractivity contribution is 5.27. The van der Waals surface area contributed by atoms with Crippen LogP contribution in [0.15, 0.2) is 35.5 Å². The molecule has 2 heteroatoms. The van der Waals surface area contributed by atoms with Crippen molar-refractivity contribution in [3.63, 3.8) is 0 Å². The van der Waals surface area contributed by atoms with Crippen molar-refractivity contribution in [3.05, 3.63) is 35.5 Å². The quantitative estimate of drug-likeness (QED) is 0.532. The zero-order chi connectivity index (χ0) is 10.1. The Morgan fingerprint density at radius 1 is 1.23 bits per heavy atom. The Morgan fingerprint density at radius 3 is 2.46 bits per heavy atom. The highest BCUT2D eigenvalue weighted by Gasteiger charge is 2.16. The molecule has 0 heterocycles. The molecule has 1 rings (SSSR count). The van der Waals surface area contributed by atoms with Crippen molar-refractivity contribution in [1.29, 1.82) is 0 Å². The Hall–Kier alpha value is -0.920. The highest BCUT2D eigenvalue weighted by atomic mass is 19.1. The van der Waals surface area contributed by atoms with E-state index in [0.717, 1.165) is 0 Å². The van der Waals surface area contributed by atoms with E-state index in [2.05, 4.69) is 0 Å². The Labute approximate surface area is 77.6 Å². The summed E-state index contributed by atoms with van der Waals surface area (Å²) in [6.45, 7) is 5.28. The molecule has 0 saturated carbocycles. The first-order chi connectivity index (χ1) is 5.89. The van der Waals surface area contributed by atoms with Crippen molar-refractivity contribution >= 4 is 0 Å². The Kier molecular flexibility index (Phi) is 2.69. The number of allylic oxidation sites excluding steroid dienone is 6.